The fourth-order valence-corrected chi connectivity index (χ4v) is 6.37. The number of ether oxygens (including phenoxy) is 2. The summed E-state index contributed by atoms with van der Waals surface area (Å²) in [5.74, 6) is -2.00. The second-order valence-corrected chi connectivity index (χ2v) is 11.5. The van der Waals surface area contributed by atoms with E-state index in [1.165, 1.54) is 17.7 Å². The first-order valence-electron chi connectivity index (χ1n) is 14.6. The molecule has 0 radical (unpaired) electrons. The van der Waals surface area contributed by atoms with Crippen LogP contribution in [0, 0.1) is 15.5 Å². The molecule has 2 aliphatic rings. The van der Waals surface area contributed by atoms with Gasteiger partial charge >= 0.3 is 11.9 Å². The molecule has 1 atom stereocenters. The zero-order valence-corrected chi connectivity index (χ0v) is 25.0. The zero-order valence-electron chi connectivity index (χ0n) is 25.0. The number of nitro groups is 1. The molecule has 1 heterocycles. The molecule has 1 fully saturated rings. The molecule has 1 aliphatic heterocycles. The molecule has 0 bridgehead atoms. The van der Waals surface area contributed by atoms with Crippen molar-refractivity contribution in [2.75, 3.05) is 26.8 Å². The number of esters is 2. The Kier molecular flexibility index (Phi) is 10.2. The van der Waals surface area contributed by atoms with Gasteiger partial charge in [-0.25, -0.2) is 9.59 Å². The van der Waals surface area contributed by atoms with E-state index < -0.39 is 22.8 Å². The summed E-state index contributed by atoms with van der Waals surface area (Å²) >= 11 is 0. The molecule has 224 valence electrons. The maximum absolute atomic E-state index is 14.0. The van der Waals surface area contributed by atoms with Crippen LogP contribution in [0.25, 0.3) is 0 Å². The van der Waals surface area contributed by atoms with Gasteiger partial charge in [0.05, 0.1) is 35.2 Å². The molecule has 0 aromatic heterocycles. The van der Waals surface area contributed by atoms with Gasteiger partial charge in [0.25, 0.3) is 5.69 Å². The lowest BCUT2D eigenvalue weighted by Crippen LogP contribution is -2.41. The SMILES string of the molecule is CCOC(=O)C1=C(C)NC(C)=C(C(=O)OCC2(CN(C)Cc3ccccc3)CCCCC2)C1c1cccc([N+](=O)[O-])c1. The van der Waals surface area contributed by atoms with Crippen LogP contribution in [0.4, 0.5) is 5.69 Å². The highest BCUT2D eigenvalue weighted by molar-refractivity contribution is 6.00. The Bertz CT molecular complexity index is 1360. The third-order valence-corrected chi connectivity index (χ3v) is 8.21. The third-order valence-electron chi connectivity index (χ3n) is 8.21. The van der Waals surface area contributed by atoms with Gasteiger partial charge in [-0.2, -0.15) is 0 Å². The summed E-state index contributed by atoms with van der Waals surface area (Å²) in [6, 6.07) is 16.3. The van der Waals surface area contributed by atoms with E-state index in [2.05, 4.69) is 29.4 Å². The van der Waals surface area contributed by atoms with Crippen molar-refractivity contribution in [2.45, 2.75) is 65.3 Å². The highest BCUT2D eigenvalue weighted by Gasteiger charge is 2.40. The van der Waals surface area contributed by atoms with Crippen LogP contribution in [-0.2, 0) is 25.6 Å². The van der Waals surface area contributed by atoms with Gasteiger partial charge in [-0.05, 0) is 51.8 Å². The molecule has 9 nitrogen and oxygen atoms in total. The molecule has 1 saturated carbocycles. The number of carbonyl (C=O) groups excluding carboxylic acids is 2. The lowest BCUT2D eigenvalue weighted by atomic mass is 9.74. The van der Waals surface area contributed by atoms with Crippen molar-refractivity contribution >= 4 is 17.6 Å². The summed E-state index contributed by atoms with van der Waals surface area (Å²) < 4.78 is 11.5. The van der Waals surface area contributed by atoms with E-state index in [1.807, 2.05) is 18.2 Å². The monoisotopic (exact) mass is 575 g/mol. The minimum atomic E-state index is -0.874. The molecule has 2 aromatic carbocycles. The number of non-ortho nitro benzene ring substituents is 1. The van der Waals surface area contributed by atoms with Crippen LogP contribution in [0.3, 0.4) is 0 Å². The van der Waals surface area contributed by atoms with E-state index in [4.69, 9.17) is 9.47 Å². The summed E-state index contributed by atoms with van der Waals surface area (Å²) in [6.07, 6.45) is 5.22. The van der Waals surface area contributed by atoms with Crippen molar-refractivity contribution in [1.82, 2.24) is 10.2 Å². The van der Waals surface area contributed by atoms with Gasteiger partial charge in [-0.1, -0.05) is 61.7 Å². The molecule has 0 spiro atoms. The Labute approximate surface area is 247 Å². The molecule has 2 aromatic rings. The Morgan fingerprint density at radius 1 is 0.976 bits per heavy atom. The number of carbonyl (C=O) groups is 2. The average molecular weight is 576 g/mol. The molecule has 1 N–H and O–H groups in total. The van der Waals surface area contributed by atoms with Crippen molar-refractivity contribution in [3.8, 4) is 0 Å². The fourth-order valence-electron chi connectivity index (χ4n) is 6.37. The fraction of sp³-hybridized carbons (Fsp3) is 0.455. The maximum atomic E-state index is 14.0. The van der Waals surface area contributed by atoms with Gasteiger partial charge in [0.2, 0.25) is 0 Å². The molecule has 42 heavy (non-hydrogen) atoms. The highest BCUT2D eigenvalue weighted by Crippen LogP contribution is 2.42. The summed E-state index contributed by atoms with van der Waals surface area (Å²) in [5.41, 5.74) is 2.94. The van der Waals surface area contributed by atoms with E-state index in [-0.39, 0.29) is 35.5 Å². The predicted octanol–water partition coefficient (Wildman–Crippen LogP) is 6.02. The van der Waals surface area contributed by atoms with Gasteiger partial charge < -0.3 is 19.7 Å². The summed E-state index contributed by atoms with van der Waals surface area (Å²) in [7, 11) is 2.10. The topological polar surface area (TPSA) is 111 Å². The first-order valence-corrected chi connectivity index (χ1v) is 14.6. The van der Waals surface area contributed by atoms with Crippen molar-refractivity contribution in [3.63, 3.8) is 0 Å². The second-order valence-electron chi connectivity index (χ2n) is 11.5. The quantitative estimate of drug-likeness (QED) is 0.197. The molecule has 0 amide bonds. The number of nitro benzene ring substituents is 1. The number of rotatable bonds is 11. The van der Waals surface area contributed by atoms with Crippen molar-refractivity contribution in [2.24, 2.45) is 5.41 Å². The van der Waals surface area contributed by atoms with Crippen LogP contribution in [-0.4, -0.2) is 48.6 Å². The molecule has 1 unspecified atom stereocenters. The van der Waals surface area contributed by atoms with Gasteiger partial charge in [-0.15, -0.1) is 0 Å². The Morgan fingerprint density at radius 2 is 1.62 bits per heavy atom. The minimum Gasteiger partial charge on any atom is -0.463 e. The molecular weight excluding hydrogens is 534 g/mol. The number of nitrogens with zero attached hydrogens (tertiary/aromatic N) is 2. The van der Waals surface area contributed by atoms with E-state index in [0.29, 0.717) is 17.0 Å². The zero-order chi connectivity index (χ0) is 30.3. The number of hydrogen-bond acceptors (Lipinski definition) is 8. The predicted molar refractivity (Wildman–Crippen MR) is 160 cm³/mol. The standard InChI is InChI=1S/C33H41N3O6/c1-5-41-31(37)28-23(2)34-24(3)29(30(28)26-15-12-16-27(19-26)36(39)40)32(38)42-22-33(17-10-7-11-18-33)21-35(4)20-25-13-8-6-9-14-25/h6,8-9,12-16,19,30,34H,5,7,10-11,17-18,20-22H2,1-4H3. The second kappa shape index (κ2) is 13.8. The van der Waals surface area contributed by atoms with Crippen LogP contribution in [0.5, 0.6) is 0 Å². The Morgan fingerprint density at radius 3 is 2.24 bits per heavy atom. The molecule has 4 rings (SSSR count). The smallest absolute Gasteiger partial charge is 0.336 e. The number of hydrogen-bond donors (Lipinski definition) is 1. The summed E-state index contributed by atoms with van der Waals surface area (Å²) in [5, 5.41) is 14.8. The maximum Gasteiger partial charge on any atom is 0.336 e. The summed E-state index contributed by atoms with van der Waals surface area (Å²) in [4.78, 5) is 40.5. The van der Waals surface area contributed by atoms with Gasteiger partial charge in [0, 0.05) is 42.0 Å². The first-order chi connectivity index (χ1) is 20.1. The van der Waals surface area contributed by atoms with Crippen LogP contribution in [0.1, 0.15) is 69.9 Å². The minimum absolute atomic E-state index is 0.125. The van der Waals surface area contributed by atoms with E-state index in [0.717, 1.165) is 45.2 Å². The number of allylic oxidation sites excluding steroid dienone is 2. The lowest BCUT2D eigenvalue weighted by Gasteiger charge is -2.40. The molecule has 9 heteroatoms. The van der Waals surface area contributed by atoms with E-state index in [9.17, 15) is 19.7 Å². The average Bonchev–Trinajstić information content (AvgIpc) is 2.96. The Balaban J connectivity index is 1.62. The molecule has 1 aliphatic carbocycles. The first kappa shape index (κ1) is 31.0. The van der Waals surface area contributed by atoms with Crippen LogP contribution in [0.2, 0.25) is 0 Å². The Hall–Kier alpha value is -3.98. The van der Waals surface area contributed by atoms with Crippen LogP contribution >= 0.6 is 0 Å². The third kappa shape index (κ3) is 7.26. The number of nitrogens with one attached hydrogen (secondary N) is 1. The highest BCUT2D eigenvalue weighted by atomic mass is 16.6. The van der Waals surface area contributed by atoms with Gasteiger partial charge in [0.15, 0.2) is 0 Å². The number of dihydropyridines is 1. The molecular formula is C33H41N3O6. The summed E-state index contributed by atoms with van der Waals surface area (Å²) in [6.45, 7) is 7.19. The van der Waals surface area contributed by atoms with Gasteiger partial charge in [-0.3, -0.25) is 10.1 Å². The number of benzene rings is 2. The van der Waals surface area contributed by atoms with Gasteiger partial charge in [0.1, 0.15) is 0 Å². The largest absolute Gasteiger partial charge is 0.463 e. The van der Waals surface area contributed by atoms with E-state index in [1.54, 1.807) is 32.9 Å². The lowest BCUT2D eigenvalue weighted by molar-refractivity contribution is -0.384. The van der Waals surface area contributed by atoms with Crippen molar-refractivity contribution in [3.05, 3.63) is 98.4 Å². The van der Waals surface area contributed by atoms with Crippen LogP contribution < -0.4 is 5.32 Å². The van der Waals surface area contributed by atoms with Crippen molar-refractivity contribution < 1.29 is 24.0 Å². The molecule has 0 saturated heterocycles. The normalized spacial score (nSPS) is 18.5. The van der Waals surface area contributed by atoms with E-state index >= 15 is 0 Å². The van der Waals surface area contributed by atoms with Crippen molar-refractivity contribution in [1.29, 1.82) is 0 Å². The van der Waals surface area contributed by atoms with Crippen LogP contribution in [0.15, 0.2) is 77.1 Å².